The van der Waals surface area contributed by atoms with E-state index in [-0.39, 0.29) is 10.8 Å². The van der Waals surface area contributed by atoms with Gasteiger partial charge in [-0.15, -0.1) is 0 Å². The molecule has 4 nitrogen and oxygen atoms in total. The second-order valence-corrected chi connectivity index (χ2v) is 28.4. The van der Waals surface area contributed by atoms with E-state index in [0.29, 0.717) is 0 Å². The molecule has 100 heavy (non-hydrogen) atoms. The molecule has 0 N–H and O–H groups in total. The molecule has 2 aliphatic carbocycles. The molecule has 0 aliphatic heterocycles. The molecule has 19 aromatic rings. The zero-order chi connectivity index (χ0) is 66.5. The molecule has 0 spiro atoms. The fourth-order valence-corrected chi connectivity index (χ4v) is 17.4. The Balaban J connectivity index is 0.000000136. The molecule has 0 atom stereocenters. The van der Waals surface area contributed by atoms with Crippen LogP contribution in [0.2, 0.25) is 0 Å². The van der Waals surface area contributed by atoms with Crippen LogP contribution >= 0.6 is 0 Å². The number of para-hydroxylation sites is 5. The molecule has 2 aliphatic rings. The molecule has 0 amide bonds. The normalized spacial score (nSPS) is 13.4. The Kier molecular flexibility index (Phi) is 12.7. The molecule has 4 heteroatoms. The minimum Gasteiger partial charge on any atom is -0.309 e. The fourth-order valence-electron chi connectivity index (χ4n) is 17.4. The lowest BCUT2D eigenvalue weighted by atomic mass is 9.82. The highest BCUT2D eigenvalue weighted by molar-refractivity contribution is 6.15. The maximum absolute atomic E-state index is 2.47. The van der Waals surface area contributed by atoms with E-state index in [0.717, 1.165) is 5.69 Å². The lowest BCUT2D eigenvalue weighted by molar-refractivity contribution is 0.660. The summed E-state index contributed by atoms with van der Waals surface area (Å²) in [5.74, 6) is 0. The zero-order valence-electron chi connectivity index (χ0n) is 56.1. The molecule has 0 fully saturated rings. The predicted octanol–water partition coefficient (Wildman–Crippen LogP) is 25.4. The van der Waals surface area contributed by atoms with Crippen molar-refractivity contribution in [3.63, 3.8) is 0 Å². The van der Waals surface area contributed by atoms with E-state index < -0.39 is 0 Å². The summed E-state index contributed by atoms with van der Waals surface area (Å²) in [6.07, 6.45) is 0. The van der Waals surface area contributed by atoms with Crippen molar-refractivity contribution < 1.29 is 0 Å². The monoisotopic (exact) mass is 1280 g/mol. The largest absolute Gasteiger partial charge is 0.309 e. The van der Waals surface area contributed by atoms with E-state index in [4.69, 9.17) is 0 Å². The summed E-state index contributed by atoms with van der Waals surface area (Å²) in [6.45, 7) is 9.43. The molecule has 0 bridgehead atoms. The molecule has 4 heterocycles. The second kappa shape index (κ2) is 22.0. The van der Waals surface area contributed by atoms with Gasteiger partial charge in [-0.05, 0) is 187 Å². The topological polar surface area (TPSA) is 19.7 Å². The Labute approximate surface area is 580 Å². The van der Waals surface area contributed by atoms with Gasteiger partial charge in [-0.25, -0.2) is 0 Å². The van der Waals surface area contributed by atoms with Crippen LogP contribution in [0.5, 0.6) is 0 Å². The smallest absolute Gasteiger partial charge is 0.0547 e. The summed E-state index contributed by atoms with van der Waals surface area (Å²) < 4.78 is 9.71. The van der Waals surface area contributed by atoms with Crippen molar-refractivity contribution in [2.24, 2.45) is 0 Å². The number of hydrogen-bond donors (Lipinski definition) is 0. The standard InChI is InChI=1S/C51H36N2.C45H32N2/c1-51(2)45-17-9-6-14-39(45)40-28-26-38(32-46(40)51)53-47-18-10-7-15-41(47)43-27-22-36(31-50(43)53)35-23-29-49-44(30-35)42-16-8-11-19-48(42)52(49)37-24-20-34(21-25-37)33-12-4-3-5-13-33;1-45(2)39-17-9-6-14-33(39)34-24-22-32(28-40(34)45)47-41-18-10-7-15-35(41)37-23-20-30(27-44(37)47)29-21-25-43-38(26-29)36-16-8-11-19-42(36)46(43)31-12-4-3-5-13-31/h3-32H,1-2H3;3-28H,1-2H3. The Bertz CT molecular complexity index is 6560. The highest BCUT2D eigenvalue weighted by atomic mass is 15.0. The summed E-state index contributed by atoms with van der Waals surface area (Å²) in [7, 11) is 0. The van der Waals surface area contributed by atoms with Gasteiger partial charge < -0.3 is 18.3 Å². The van der Waals surface area contributed by atoms with Crippen LogP contribution in [0, 0.1) is 0 Å². The number of aromatic nitrogens is 4. The van der Waals surface area contributed by atoms with E-state index in [1.165, 1.54) is 182 Å². The first kappa shape index (κ1) is 57.7. The average Bonchev–Trinajstić information content (AvgIpc) is 1.57. The first-order valence-electron chi connectivity index (χ1n) is 35.0. The Morgan fingerprint density at radius 2 is 0.460 bits per heavy atom. The van der Waals surface area contributed by atoms with E-state index in [2.05, 4.69) is 386 Å². The first-order chi connectivity index (χ1) is 49.1. The van der Waals surface area contributed by atoms with E-state index in [9.17, 15) is 0 Å². The summed E-state index contributed by atoms with van der Waals surface area (Å²) >= 11 is 0. The average molecular weight is 1280 g/mol. The second-order valence-electron chi connectivity index (χ2n) is 28.4. The first-order valence-corrected chi connectivity index (χ1v) is 35.0. The summed E-state index contributed by atoms with van der Waals surface area (Å²) in [4.78, 5) is 0. The number of benzene rings is 15. The van der Waals surface area contributed by atoms with Crippen molar-refractivity contribution in [3.05, 3.63) is 362 Å². The van der Waals surface area contributed by atoms with Crippen molar-refractivity contribution in [3.8, 4) is 78.4 Å². The van der Waals surface area contributed by atoms with Crippen molar-refractivity contribution in [1.82, 2.24) is 18.3 Å². The van der Waals surface area contributed by atoms with Crippen LogP contribution in [-0.4, -0.2) is 18.3 Å². The van der Waals surface area contributed by atoms with Gasteiger partial charge in [-0.2, -0.15) is 0 Å². The van der Waals surface area contributed by atoms with Crippen LogP contribution in [0.3, 0.4) is 0 Å². The summed E-state index contributed by atoms with van der Waals surface area (Å²) in [5.41, 5.74) is 32.7. The quantitative estimate of drug-likeness (QED) is 0.152. The van der Waals surface area contributed by atoms with Gasteiger partial charge in [0.05, 0.1) is 44.1 Å². The molecular weight excluding hydrogens is 1210 g/mol. The van der Waals surface area contributed by atoms with Crippen molar-refractivity contribution in [2.75, 3.05) is 0 Å². The Morgan fingerprint density at radius 1 is 0.170 bits per heavy atom. The van der Waals surface area contributed by atoms with Gasteiger partial charge in [0.15, 0.2) is 0 Å². The zero-order valence-corrected chi connectivity index (χ0v) is 56.1. The Hall–Kier alpha value is -12.5. The van der Waals surface area contributed by atoms with Gasteiger partial charge in [0.25, 0.3) is 0 Å². The molecule has 0 unspecified atom stereocenters. The van der Waals surface area contributed by atoms with Crippen LogP contribution in [-0.2, 0) is 10.8 Å². The van der Waals surface area contributed by atoms with Gasteiger partial charge in [-0.1, -0.05) is 258 Å². The maximum Gasteiger partial charge on any atom is 0.0547 e. The van der Waals surface area contributed by atoms with E-state index in [1.807, 2.05) is 0 Å². The van der Waals surface area contributed by atoms with Gasteiger partial charge in [0, 0.05) is 76.7 Å². The maximum atomic E-state index is 2.47. The van der Waals surface area contributed by atoms with E-state index in [1.54, 1.807) is 0 Å². The lowest BCUT2D eigenvalue weighted by Crippen LogP contribution is -2.15. The molecule has 472 valence electrons. The van der Waals surface area contributed by atoms with Gasteiger partial charge in [-0.3, -0.25) is 0 Å². The van der Waals surface area contributed by atoms with Crippen LogP contribution in [0.4, 0.5) is 0 Å². The number of nitrogens with zero attached hydrogens (tertiary/aromatic N) is 4. The molecule has 4 aromatic heterocycles. The van der Waals surface area contributed by atoms with Crippen LogP contribution in [0.25, 0.3) is 166 Å². The molecule has 15 aromatic carbocycles. The van der Waals surface area contributed by atoms with Gasteiger partial charge in [0.2, 0.25) is 0 Å². The highest BCUT2D eigenvalue weighted by Gasteiger charge is 2.37. The van der Waals surface area contributed by atoms with Crippen molar-refractivity contribution in [2.45, 2.75) is 38.5 Å². The van der Waals surface area contributed by atoms with E-state index >= 15 is 0 Å². The molecule has 0 radical (unpaired) electrons. The number of rotatable bonds is 7. The van der Waals surface area contributed by atoms with Crippen molar-refractivity contribution >= 4 is 87.2 Å². The SMILES string of the molecule is CC1(C)c2ccccc2-c2ccc(-n3c4ccccc4c4ccc(-c5ccc6c(c5)c5ccccc5n6-c5ccc(-c6ccccc6)cc5)cc43)cc21.CC1(C)c2ccccc2-c2ccc(-n3c4ccccc4c4ccc(-c5ccc6c(c5)c5ccccc5n6-c5ccccc5)cc43)cc21. The number of fused-ring (bicyclic) bond motifs is 18. The fraction of sp³-hybridized carbons (Fsp3) is 0.0625. The van der Waals surface area contributed by atoms with Crippen LogP contribution < -0.4 is 0 Å². The van der Waals surface area contributed by atoms with Crippen molar-refractivity contribution in [1.29, 1.82) is 0 Å². The van der Waals surface area contributed by atoms with Crippen LogP contribution in [0.15, 0.2) is 340 Å². The highest BCUT2D eigenvalue weighted by Crippen LogP contribution is 2.52. The lowest BCUT2D eigenvalue weighted by Gasteiger charge is -2.22. The molecule has 0 saturated heterocycles. The number of hydrogen-bond acceptors (Lipinski definition) is 0. The van der Waals surface area contributed by atoms with Crippen LogP contribution in [0.1, 0.15) is 49.9 Å². The third kappa shape index (κ3) is 8.66. The molecule has 21 rings (SSSR count). The molecule has 0 saturated carbocycles. The van der Waals surface area contributed by atoms with Gasteiger partial charge in [0.1, 0.15) is 0 Å². The third-order valence-electron chi connectivity index (χ3n) is 22.3. The minimum absolute atomic E-state index is 0.0554. The van der Waals surface area contributed by atoms with Gasteiger partial charge >= 0.3 is 0 Å². The predicted molar refractivity (Wildman–Crippen MR) is 422 cm³/mol. The summed E-state index contributed by atoms with van der Waals surface area (Å²) in [5, 5.41) is 10.1. The summed E-state index contributed by atoms with van der Waals surface area (Å²) in [6, 6.07) is 125. The Morgan fingerprint density at radius 3 is 0.910 bits per heavy atom. The molecular formula is C96H68N4. The minimum atomic E-state index is -0.0651. The third-order valence-corrected chi connectivity index (χ3v) is 22.3.